The van der Waals surface area contributed by atoms with Crippen LogP contribution in [0.3, 0.4) is 0 Å². The van der Waals surface area contributed by atoms with Gasteiger partial charge in [0, 0.05) is 53.1 Å². The van der Waals surface area contributed by atoms with E-state index in [4.69, 9.17) is 21.1 Å². The zero-order valence-electron chi connectivity index (χ0n) is 20.0. The van der Waals surface area contributed by atoms with E-state index in [0.29, 0.717) is 46.6 Å². The predicted molar refractivity (Wildman–Crippen MR) is 138 cm³/mol. The number of hydrogen-bond acceptors (Lipinski definition) is 7. The summed E-state index contributed by atoms with van der Waals surface area (Å²) < 4.78 is 12.4. The van der Waals surface area contributed by atoms with Crippen molar-refractivity contribution in [3.05, 3.63) is 70.0 Å². The van der Waals surface area contributed by atoms with Crippen LogP contribution in [0, 0.1) is 12.1 Å². The quantitative estimate of drug-likeness (QED) is 0.143. The van der Waals surface area contributed by atoms with Gasteiger partial charge in [-0.1, -0.05) is 35.9 Å². The molecule has 0 aliphatic carbocycles. The van der Waals surface area contributed by atoms with Gasteiger partial charge in [0.15, 0.2) is 5.69 Å². The largest absolute Gasteiger partial charge is 0.595 e. The molecule has 3 aromatic carbocycles. The SMILES string of the molecule is COCCOC(=O)c1c(C)n(CCCNc2ccc(Cl)cc2[NH+]([O-])O)c2c1cc(O)c1ccccc12. The average molecular weight is 514 g/mol. The monoisotopic (exact) mass is 513 g/mol. The number of rotatable bonds is 10. The van der Waals surface area contributed by atoms with E-state index in [1.807, 2.05) is 35.8 Å². The van der Waals surface area contributed by atoms with Crippen molar-refractivity contribution in [1.29, 1.82) is 0 Å². The normalized spacial score (nSPS) is 12.2. The van der Waals surface area contributed by atoms with Crippen LogP contribution in [-0.4, -0.2) is 47.7 Å². The minimum Gasteiger partial charge on any atom is -0.595 e. The molecule has 1 heterocycles. The van der Waals surface area contributed by atoms with Crippen LogP contribution in [0.5, 0.6) is 5.75 Å². The molecule has 9 nitrogen and oxygen atoms in total. The van der Waals surface area contributed by atoms with E-state index in [-0.39, 0.29) is 24.7 Å². The van der Waals surface area contributed by atoms with Gasteiger partial charge in [-0.25, -0.2) is 10.0 Å². The Labute approximate surface area is 212 Å². The van der Waals surface area contributed by atoms with Gasteiger partial charge in [0.2, 0.25) is 0 Å². The molecule has 1 atom stereocenters. The van der Waals surface area contributed by atoms with E-state index >= 15 is 0 Å². The first-order chi connectivity index (χ1) is 17.3. The molecule has 0 bridgehead atoms. The number of fused-ring (bicyclic) bond motifs is 3. The van der Waals surface area contributed by atoms with Crippen molar-refractivity contribution in [3.63, 3.8) is 0 Å². The lowest BCUT2D eigenvalue weighted by Crippen LogP contribution is -2.99. The van der Waals surface area contributed by atoms with Crippen LogP contribution in [0.1, 0.15) is 22.5 Å². The second kappa shape index (κ2) is 11.2. The number of aromatic nitrogens is 1. The molecule has 0 spiro atoms. The van der Waals surface area contributed by atoms with Gasteiger partial charge >= 0.3 is 5.97 Å². The minimum absolute atomic E-state index is 0.0896. The lowest BCUT2D eigenvalue weighted by Gasteiger charge is -2.17. The maximum atomic E-state index is 13.0. The standard InChI is InChI=1S/C26H28ClN3O6/c1-16-24(26(32)36-13-12-35-2)20-15-23(31)18-6-3-4-7-19(18)25(20)29(16)11-5-10-28-21-9-8-17(27)14-22(21)30(33)34/h3-4,6-9,14-15,28,30-31,33H,5,10-13H2,1-2H3. The molecule has 1 unspecified atom stereocenters. The van der Waals surface area contributed by atoms with Crippen LogP contribution in [0.2, 0.25) is 5.02 Å². The molecule has 0 saturated carbocycles. The summed E-state index contributed by atoms with van der Waals surface area (Å²) in [7, 11) is 1.53. The molecule has 0 amide bonds. The fourth-order valence-electron chi connectivity index (χ4n) is 4.45. The molecule has 1 aromatic heterocycles. The predicted octanol–water partition coefficient (Wildman–Crippen LogP) is 4.17. The smallest absolute Gasteiger partial charge is 0.340 e. The summed E-state index contributed by atoms with van der Waals surface area (Å²) in [6, 6.07) is 13.8. The summed E-state index contributed by atoms with van der Waals surface area (Å²) in [5.41, 5.74) is 2.55. The first-order valence-corrected chi connectivity index (χ1v) is 11.9. The number of phenols is 1. The van der Waals surface area contributed by atoms with Gasteiger partial charge in [-0.3, -0.25) is 0 Å². The molecule has 10 heteroatoms. The number of nitrogens with one attached hydrogen (secondary N) is 2. The molecule has 4 rings (SSSR count). The maximum absolute atomic E-state index is 13.0. The van der Waals surface area contributed by atoms with E-state index in [0.717, 1.165) is 16.6 Å². The highest BCUT2D eigenvalue weighted by atomic mass is 35.5. The zero-order chi connectivity index (χ0) is 25.8. The van der Waals surface area contributed by atoms with Gasteiger partial charge in [0.25, 0.3) is 0 Å². The molecule has 0 fully saturated rings. The van der Waals surface area contributed by atoms with E-state index in [1.165, 1.54) is 13.2 Å². The number of phenolic OH excluding ortho intramolecular Hbond substituents is 1. The molecule has 0 aliphatic rings. The fraction of sp³-hybridized carbons (Fsp3) is 0.269. The molecular weight excluding hydrogens is 486 g/mol. The highest BCUT2D eigenvalue weighted by Crippen LogP contribution is 2.37. The lowest BCUT2D eigenvalue weighted by molar-refractivity contribution is -0.990. The first kappa shape index (κ1) is 25.7. The number of anilines is 1. The number of methoxy groups -OCH3 is 1. The second-order valence-electron chi connectivity index (χ2n) is 8.35. The Morgan fingerprint density at radius 1 is 1.14 bits per heavy atom. The summed E-state index contributed by atoms with van der Waals surface area (Å²) in [6.07, 6.45) is 0.639. The second-order valence-corrected chi connectivity index (χ2v) is 8.79. The fourth-order valence-corrected chi connectivity index (χ4v) is 4.63. The number of carbonyl (C=O) groups is 1. The van der Waals surface area contributed by atoms with Crippen molar-refractivity contribution in [1.82, 2.24) is 4.57 Å². The van der Waals surface area contributed by atoms with Crippen molar-refractivity contribution in [2.24, 2.45) is 0 Å². The van der Waals surface area contributed by atoms with Crippen LogP contribution in [0.15, 0.2) is 48.5 Å². The third-order valence-corrected chi connectivity index (χ3v) is 6.35. The van der Waals surface area contributed by atoms with Crippen LogP contribution < -0.4 is 10.5 Å². The molecule has 4 N–H and O–H groups in total. The topological polar surface area (TPSA) is 120 Å². The number of aryl methyl sites for hydroxylation is 1. The van der Waals surface area contributed by atoms with E-state index < -0.39 is 11.2 Å². The van der Waals surface area contributed by atoms with Gasteiger partial charge in [-0.05, 0) is 31.5 Å². The van der Waals surface area contributed by atoms with E-state index in [2.05, 4.69) is 5.32 Å². The number of hydrogen-bond donors (Lipinski definition) is 4. The Morgan fingerprint density at radius 2 is 1.89 bits per heavy atom. The number of esters is 1. The van der Waals surface area contributed by atoms with Crippen LogP contribution in [0.4, 0.5) is 11.4 Å². The Hall–Kier alpha value is -3.34. The van der Waals surface area contributed by atoms with E-state index in [1.54, 1.807) is 18.2 Å². The summed E-state index contributed by atoms with van der Waals surface area (Å²) in [4.78, 5) is 13.0. The summed E-state index contributed by atoms with van der Waals surface area (Å²) in [6.45, 7) is 3.30. The van der Waals surface area contributed by atoms with Gasteiger partial charge in [0.05, 0.1) is 23.4 Å². The number of nitrogens with zero attached hydrogens (tertiary/aromatic N) is 1. The first-order valence-electron chi connectivity index (χ1n) is 11.5. The number of aromatic hydroxyl groups is 1. The number of quaternary nitrogens is 1. The average Bonchev–Trinajstić information content (AvgIpc) is 3.13. The van der Waals surface area contributed by atoms with Crippen molar-refractivity contribution in [2.45, 2.75) is 19.9 Å². The minimum atomic E-state index is -1.06. The molecule has 190 valence electrons. The Balaban J connectivity index is 1.66. The van der Waals surface area contributed by atoms with Gasteiger partial charge in [-0.15, -0.1) is 0 Å². The van der Waals surface area contributed by atoms with Crippen LogP contribution in [0.25, 0.3) is 21.7 Å². The molecule has 0 radical (unpaired) electrons. The van der Waals surface area contributed by atoms with E-state index in [9.17, 15) is 20.3 Å². The van der Waals surface area contributed by atoms with Crippen molar-refractivity contribution < 1.29 is 29.8 Å². The van der Waals surface area contributed by atoms with Crippen LogP contribution in [-0.2, 0) is 16.0 Å². The highest BCUT2D eigenvalue weighted by Gasteiger charge is 2.24. The van der Waals surface area contributed by atoms with Crippen LogP contribution >= 0.6 is 11.6 Å². The Kier molecular flexibility index (Phi) is 7.97. The summed E-state index contributed by atoms with van der Waals surface area (Å²) in [5, 5.41) is 36.3. The molecule has 0 aliphatic heterocycles. The molecule has 36 heavy (non-hydrogen) atoms. The van der Waals surface area contributed by atoms with Gasteiger partial charge in [0.1, 0.15) is 12.4 Å². The summed E-state index contributed by atoms with van der Waals surface area (Å²) in [5.74, 6) is -0.389. The third kappa shape index (κ3) is 5.11. The third-order valence-electron chi connectivity index (χ3n) is 6.11. The summed E-state index contributed by atoms with van der Waals surface area (Å²) >= 11 is 5.94. The molecule has 0 saturated heterocycles. The van der Waals surface area contributed by atoms with Crippen molar-refractivity contribution in [2.75, 3.05) is 32.2 Å². The number of ether oxygens (including phenoxy) is 2. The highest BCUT2D eigenvalue weighted by molar-refractivity contribution is 6.30. The van der Waals surface area contributed by atoms with Gasteiger partial charge in [-0.2, -0.15) is 5.23 Å². The zero-order valence-corrected chi connectivity index (χ0v) is 20.8. The Morgan fingerprint density at radius 3 is 2.61 bits per heavy atom. The molecule has 4 aromatic rings. The Bertz CT molecular complexity index is 1400. The molecular formula is C26H28ClN3O6. The van der Waals surface area contributed by atoms with Gasteiger partial charge < -0.3 is 29.7 Å². The number of halogens is 1. The van der Waals surface area contributed by atoms with Crippen molar-refractivity contribution in [3.8, 4) is 5.75 Å². The van der Waals surface area contributed by atoms with Crippen molar-refractivity contribution >= 4 is 50.6 Å². The number of carbonyl (C=O) groups excluding carboxylic acids is 1. The lowest BCUT2D eigenvalue weighted by atomic mass is 10.0. The number of benzene rings is 3. The maximum Gasteiger partial charge on any atom is 0.340 e.